The number of aliphatic carboxylic acids is 1. The van der Waals surface area contributed by atoms with Crippen molar-refractivity contribution < 1.29 is 27.9 Å². The van der Waals surface area contributed by atoms with E-state index in [0.29, 0.717) is 5.92 Å². The summed E-state index contributed by atoms with van der Waals surface area (Å²) in [6, 6.07) is 6.00. The van der Waals surface area contributed by atoms with E-state index in [1.807, 2.05) is 42.5 Å². The van der Waals surface area contributed by atoms with Gasteiger partial charge in [0.2, 0.25) is 5.91 Å². The van der Waals surface area contributed by atoms with Crippen molar-refractivity contribution in [2.24, 2.45) is 18.9 Å². The lowest BCUT2D eigenvalue weighted by Crippen LogP contribution is -2.45. The van der Waals surface area contributed by atoms with Gasteiger partial charge in [-0.15, -0.1) is 0 Å². The van der Waals surface area contributed by atoms with Crippen LogP contribution in [0.3, 0.4) is 0 Å². The molecular weight excluding hydrogens is 403 g/mol. The van der Waals surface area contributed by atoms with Gasteiger partial charge in [-0.3, -0.25) is 19.4 Å². The minimum absolute atomic E-state index is 0.104. The van der Waals surface area contributed by atoms with Crippen molar-refractivity contribution in [3.8, 4) is 0 Å². The number of halogens is 3. The second kappa shape index (κ2) is 8.82. The van der Waals surface area contributed by atoms with Crippen molar-refractivity contribution in [2.75, 3.05) is 24.5 Å². The van der Waals surface area contributed by atoms with Gasteiger partial charge in [0.1, 0.15) is 0 Å². The first-order chi connectivity index (χ1) is 14.1. The minimum Gasteiger partial charge on any atom is -0.475 e. The molecule has 0 aliphatic carbocycles. The van der Waals surface area contributed by atoms with Gasteiger partial charge in [0, 0.05) is 45.6 Å². The summed E-state index contributed by atoms with van der Waals surface area (Å²) in [5.74, 6) is -1.93. The van der Waals surface area contributed by atoms with Crippen molar-refractivity contribution in [1.29, 1.82) is 0 Å². The number of carbonyl (C=O) groups is 2. The molecule has 0 bridgehead atoms. The average Bonchev–Trinajstić information content (AvgIpc) is 3.29. The maximum atomic E-state index is 12.9. The smallest absolute Gasteiger partial charge is 0.475 e. The predicted octanol–water partition coefficient (Wildman–Crippen LogP) is 1.93. The molecule has 0 aromatic carbocycles. The molecule has 0 spiro atoms. The van der Waals surface area contributed by atoms with Crippen LogP contribution in [0.25, 0.3) is 0 Å². The fourth-order valence-electron chi connectivity index (χ4n) is 3.79. The number of hydrogen-bond acceptors (Lipinski definition) is 5. The Morgan fingerprint density at radius 3 is 2.60 bits per heavy atom. The molecule has 0 radical (unpaired) electrons. The standard InChI is InChI=1S/C17H21N5O.C2HF3O2/c1-20-11-15(8-19-20)22-7-5-13-9-21(12-16(13)17(22)23)10-14-4-2-3-6-18-14;3-2(4,5)1(6)7/h2-4,6,8,11,13,16H,5,7,9-10,12H2,1H3;(H,6,7). The number of aryl methyl sites for hydroxylation is 1. The van der Waals surface area contributed by atoms with E-state index < -0.39 is 12.1 Å². The summed E-state index contributed by atoms with van der Waals surface area (Å²) in [6.07, 6.45) is 1.50. The van der Waals surface area contributed by atoms with Crippen LogP contribution in [0.15, 0.2) is 36.8 Å². The number of amides is 1. The summed E-state index contributed by atoms with van der Waals surface area (Å²) < 4.78 is 33.5. The molecule has 2 aromatic heterocycles. The summed E-state index contributed by atoms with van der Waals surface area (Å²) in [5, 5.41) is 11.3. The molecule has 2 aliphatic heterocycles. The second-order valence-electron chi connectivity index (χ2n) is 7.34. The van der Waals surface area contributed by atoms with Crippen LogP contribution in [0.5, 0.6) is 0 Å². The number of rotatable bonds is 3. The van der Waals surface area contributed by atoms with Crippen LogP contribution < -0.4 is 4.90 Å². The van der Waals surface area contributed by atoms with Crippen molar-refractivity contribution in [3.63, 3.8) is 0 Å². The summed E-state index contributed by atoms with van der Waals surface area (Å²) in [7, 11) is 1.88. The largest absolute Gasteiger partial charge is 0.490 e. The van der Waals surface area contributed by atoms with E-state index in [2.05, 4.69) is 15.0 Å². The Labute approximate surface area is 170 Å². The Morgan fingerprint density at radius 1 is 1.30 bits per heavy atom. The van der Waals surface area contributed by atoms with Gasteiger partial charge in [-0.1, -0.05) is 6.07 Å². The van der Waals surface area contributed by atoms with Gasteiger partial charge in [-0.25, -0.2) is 4.79 Å². The number of fused-ring (bicyclic) bond motifs is 1. The molecule has 2 fully saturated rings. The van der Waals surface area contributed by atoms with Crippen LogP contribution in [0, 0.1) is 11.8 Å². The highest BCUT2D eigenvalue weighted by molar-refractivity contribution is 5.96. The third-order valence-electron chi connectivity index (χ3n) is 5.18. The van der Waals surface area contributed by atoms with Gasteiger partial charge in [0.15, 0.2) is 0 Å². The minimum atomic E-state index is -5.08. The number of likely N-dealkylation sites (tertiary alicyclic amines) is 1. The monoisotopic (exact) mass is 425 g/mol. The maximum Gasteiger partial charge on any atom is 0.490 e. The molecule has 2 aromatic rings. The number of carboxylic acids is 1. The molecule has 1 N–H and O–H groups in total. The van der Waals surface area contributed by atoms with Gasteiger partial charge >= 0.3 is 12.1 Å². The summed E-state index contributed by atoms with van der Waals surface area (Å²) >= 11 is 0. The molecule has 1 amide bonds. The number of aromatic nitrogens is 3. The zero-order chi connectivity index (χ0) is 21.9. The Balaban J connectivity index is 0.000000318. The van der Waals surface area contributed by atoms with E-state index in [1.165, 1.54) is 0 Å². The zero-order valence-corrected chi connectivity index (χ0v) is 16.3. The molecule has 30 heavy (non-hydrogen) atoms. The highest BCUT2D eigenvalue weighted by Gasteiger charge is 2.43. The quantitative estimate of drug-likeness (QED) is 0.808. The second-order valence-corrected chi connectivity index (χ2v) is 7.34. The Morgan fingerprint density at radius 2 is 2.03 bits per heavy atom. The van der Waals surface area contributed by atoms with Gasteiger partial charge in [0.05, 0.1) is 23.5 Å². The summed E-state index contributed by atoms with van der Waals surface area (Å²) in [6.45, 7) is 3.45. The Hall–Kier alpha value is -2.95. The maximum absolute atomic E-state index is 12.9. The molecule has 2 unspecified atom stereocenters. The van der Waals surface area contributed by atoms with E-state index in [1.54, 1.807) is 10.9 Å². The van der Waals surface area contributed by atoms with E-state index in [4.69, 9.17) is 9.90 Å². The van der Waals surface area contributed by atoms with Crippen molar-refractivity contribution >= 4 is 17.6 Å². The Bertz CT molecular complexity index is 887. The number of nitrogens with zero attached hydrogens (tertiary/aromatic N) is 5. The number of hydrogen-bond donors (Lipinski definition) is 1. The molecular formula is C19H22F3N5O3. The number of alkyl halides is 3. The average molecular weight is 425 g/mol. The lowest BCUT2D eigenvalue weighted by atomic mass is 9.88. The summed E-state index contributed by atoms with van der Waals surface area (Å²) in [4.78, 5) is 30.4. The molecule has 2 atom stereocenters. The van der Waals surface area contributed by atoms with E-state index >= 15 is 0 Å². The molecule has 4 heterocycles. The van der Waals surface area contributed by atoms with Gasteiger partial charge in [0.25, 0.3) is 0 Å². The fraction of sp³-hybridized carbons (Fsp3) is 0.474. The van der Waals surface area contributed by atoms with Crippen LogP contribution in [0.1, 0.15) is 12.1 Å². The predicted molar refractivity (Wildman–Crippen MR) is 100 cm³/mol. The first-order valence-corrected chi connectivity index (χ1v) is 9.37. The number of pyridine rings is 1. The van der Waals surface area contributed by atoms with Crippen LogP contribution in [-0.2, 0) is 23.2 Å². The van der Waals surface area contributed by atoms with Gasteiger partial charge in [-0.05, 0) is 24.5 Å². The highest BCUT2D eigenvalue weighted by atomic mass is 19.4. The molecule has 4 rings (SSSR count). The number of piperidine rings is 1. The molecule has 2 aliphatic rings. The topological polar surface area (TPSA) is 91.6 Å². The SMILES string of the molecule is Cn1cc(N2CCC3CN(Cc4ccccn4)CC3C2=O)cn1.O=C(O)C(F)(F)F. The zero-order valence-electron chi connectivity index (χ0n) is 16.3. The van der Waals surface area contributed by atoms with Crippen LogP contribution in [0.4, 0.5) is 18.9 Å². The van der Waals surface area contributed by atoms with Crippen LogP contribution in [0.2, 0.25) is 0 Å². The highest BCUT2D eigenvalue weighted by Crippen LogP contribution is 2.34. The summed E-state index contributed by atoms with van der Waals surface area (Å²) in [5.41, 5.74) is 1.99. The van der Waals surface area contributed by atoms with E-state index in [-0.39, 0.29) is 11.8 Å². The third-order valence-corrected chi connectivity index (χ3v) is 5.18. The van der Waals surface area contributed by atoms with Crippen molar-refractivity contribution in [1.82, 2.24) is 19.7 Å². The molecule has 0 saturated carbocycles. The molecule has 8 nitrogen and oxygen atoms in total. The fourth-order valence-corrected chi connectivity index (χ4v) is 3.79. The van der Waals surface area contributed by atoms with Crippen molar-refractivity contribution in [2.45, 2.75) is 19.1 Å². The van der Waals surface area contributed by atoms with Crippen LogP contribution >= 0.6 is 0 Å². The number of anilines is 1. The molecule has 2 saturated heterocycles. The van der Waals surface area contributed by atoms with Gasteiger partial charge in [-0.2, -0.15) is 18.3 Å². The third kappa shape index (κ3) is 5.15. The first-order valence-electron chi connectivity index (χ1n) is 9.37. The lowest BCUT2D eigenvalue weighted by Gasteiger charge is -2.32. The first kappa shape index (κ1) is 21.8. The number of carboxylic acid groups (broad SMARTS) is 1. The van der Waals surface area contributed by atoms with E-state index in [0.717, 1.165) is 44.0 Å². The van der Waals surface area contributed by atoms with Crippen LogP contribution in [-0.4, -0.2) is 62.5 Å². The molecule has 162 valence electrons. The number of carbonyl (C=O) groups excluding carboxylic acids is 1. The van der Waals surface area contributed by atoms with Gasteiger partial charge < -0.3 is 10.0 Å². The van der Waals surface area contributed by atoms with E-state index in [9.17, 15) is 18.0 Å². The van der Waals surface area contributed by atoms with Crippen molar-refractivity contribution in [3.05, 3.63) is 42.5 Å². The lowest BCUT2D eigenvalue weighted by molar-refractivity contribution is -0.192. The molecule has 11 heteroatoms. The normalized spacial score (nSPS) is 21.7. The Kier molecular flexibility index (Phi) is 6.40.